The average molecular weight is 385 g/mol. The Bertz CT molecular complexity index is 845. The second-order valence-corrected chi connectivity index (χ2v) is 6.93. The molecule has 5 atom stereocenters. The summed E-state index contributed by atoms with van der Waals surface area (Å²) in [6.45, 7) is -0.544. The lowest BCUT2D eigenvalue weighted by atomic mass is 9.89. The molecule has 7 heteroatoms. The van der Waals surface area contributed by atoms with E-state index in [9.17, 15) is 25.7 Å². The SMILES string of the molecule is N#Cc1ccc([C@@H]2O[C@H](CO)[C@@H](O)[C@H](O)[C@H]2O)cc1Cc1ccc(CO)cc1. The molecule has 2 aromatic carbocycles. The first kappa shape index (κ1) is 20.4. The molecular weight excluding hydrogens is 362 g/mol. The summed E-state index contributed by atoms with van der Waals surface area (Å²) in [6, 6.07) is 14.5. The molecule has 28 heavy (non-hydrogen) atoms. The van der Waals surface area contributed by atoms with Crippen LogP contribution in [0.2, 0.25) is 0 Å². The molecule has 3 rings (SSSR count). The number of rotatable bonds is 5. The maximum atomic E-state index is 10.3. The summed E-state index contributed by atoms with van der Waals surface area (Å²) in [6.07, 6.45) is -5.73. The normalized spacial score (nSPS) is 27.4. The van der Waals surface area contributed by atoms with Crippen LogP contribution in [0.4, 0.5) is 0 Å². The van der Waals surface area contributed by atoms with Gasteiger partial charge in [0.2, 0.25) is 0 Å². The van der Waals surface area contributed by atoms with Gasteiger partial charge in [0.1, 0.15) is 30.5 Å². The monoisotopic (exact) mass is 385 g/mol. The van der Waals surface area contributed by atoms with Gasteiger partial charge in [0, 0.05) is 0 Å². The molecule has 0 saturated carbocycles. The van der Waals surface area contributed by atoms with Gasteiger partial charge in [-0.15, -0.1) is 0 Å². The van der Waals surface area contributed by atoms with Crippen LogP contribution in [-0.4, -0.2) is 56.6 Å². The highest BCUT2D eigenvalue weighted by atomic mass is 16.5. The lowest BCUT2D eigenvalue weighted by Gasteiger charge is -2.40. The maximum absolute atomic E-state index is 10.3. The summed E-state index contributed by atoms with van der Waals surface area (Å²) < 4.78 is 5.60. The van der Waals surface area contributed by atoms with Crippen molar-refractivity contribution in [1.29, 1.82) is 5.26 Å². The van der Waals surface area contributed by atoms with Gasteiger partial charge in [-0.3, -0.25) is 0 Å². The quantitative estimate of drug-likeness (QED) is 0.495. The van der Waals surface area contributed by atoms with E-state index in [0.29, 0.717) is 23.1 Å². The van der Waals surface area contributed by atoms with Gasteiger partial charge in [-0.05, 0) is 34.7 Å². The highest BCUT2D eigenvalue weighted by molar-refractivity contribution is 5.44. The van der Waals surface area contributed by atoms with E-state index in [1.165, 1.54) is 0 Å². The van der Waals surface area contributed by atoms with E-state index in [1.54, 1.807) is 18.2 Å². The van der Waals surface area contributed by atoms with Crippen LogP contribution >= 0.6 is 0 Å². The molecule has 7 nitrogen and oxygen atoms in total. The molecule has 0 bridgehead atoms. The first-order chi connectivity index (χ1) is 13.5. The predicted octanol–water partition coefficient (Wildman–Crippen LogP) is 0.156. The number of benzene rings is 2. The van der Waals surface area contributed by atoms with Crippen molar-refractivity contribution in [3.8, 4) is 6.07 Å². The molecular formula is C21H23NO6. The molecule has 0 spiro atoms. The topological polar surface area (TPSA) is 134 Å². The summed E-state index contributed by atoms with van der Waals surface area (Å²) >= 11 is 0. The first-order valence-corrected chi connectivity index (χ1v) is 9.00. The fraction of sp³-hybridized carbons (Fsp3) is 0.381. The number of aliphatic hydroxyl groups excluding tert-OH is 5. The Morgan fingerprint density at radius 1 is 0.893 bits per heavy atom. The fourth-order valence-electron chi connectivity index (χ4n) is 3.41. The highest BCUT2D eigenvalue weighted by Gasteiger charge is 2.44. The summed E-state index contributed by atoms with van der Waals surface area (Å²) in [5.41, 5.74) is 3.46. The molecule has 0 aliphatic carbocycles. The van der Waals surface area contributed by atoms with E-state index in [-0.39, 0.29) is 6.61 Å². The van der Waals surface area contributed by atoms with Crippen LogP contribution in [0.5, 0.6) is 0 Å². The van der Waals surface area contributed by atoms with Gasteiger partial charge in [0.25, 0.3) is 0 Å². The van der Waals surface area contributed by atoms with E-state index >= 15 is 0 Å². The van der Waals surface area contributed by atoms with E-state index < -0.39 is 37.1 Å². The molecule has 1 fully saturated rings. The largest absolute Gasteiger partial charge is 0.394 e. The Balaban J connectivity index is 1.90. The molecule has 0 unspecified atom stereocenters. The molecule has 148 valence electrons. The van der Waals surface area contributed by atoms with Crippen LogP contribution in [0.3, 0.4) is 0 Å². The number of nitrogens with zero attached hydrogens (tertiary/aromatic N) is 1. The van der Waals surface area contributed by atoms with Gasteiger partial charge < -0.3 is 30.3 Å². The number of nitriles is 1. The maximum Gasteiger partial charge on any atom is 0.113 e. The van der Waals surface area contributed by atoms with E-state index in [0.717, 1.165) is 11.1 Å². The molecule has 1 aliphatic heterocycles. The minimum atomic E-state index is -1.46. The molecule has 1 heterocycles. The first-order valence-electron chi connectivity index (χ1n) is 9.00. The van der Waals surface area contributed by atoms with Crippen LogP contribution in [0, 0.1) is 11.3 Å². The van der Waals surface area contributed by atoms with Crippen molar-refractivity contribution >= 4 is 0 Å². The Hall–Kier alpha value is -2.31. The molecule has 0 radical (unpaired) electrons. The van der Waals surface area contributed by atoms with Crippen LogP contribution in [0.25, 0.3) is 0 Å². The average Bonchev–Trinajstić information content (AvgIpc) is 2.73. The number of hydrogen-bond acceptors (Lipinski definition) is 7. The zero-order chi connectivity index (χ0) is 20.3. The third-order valence-corrected chi connectivity index (χ3v) is 5.07. The highest BCUT2D eigenvalue weighted by Crippen LogP contribution is 2.33. The van der Waals surface area contributed by atoms with Gasteiger partial charge in [-0.1, -0.05) is 36.4 Å². The van der Waals surface area contributed by atoms with E-state index in [2.05, 4.69) is 6.07 Å². The van der Waals surface area contributed by atoms with Crippen LogP contribution < -0.4 is 0 Å². The molecule has 0 amide bonds. The van der Waals surface area contributed by atoms with Crippen molar-refractivity contribution in [2.75, 3.05) is 6.61 Å². The lowest BCUT2D eigenvalue weighted by molar-refractivity contribution is -0.231. The minimum absolute atomic E-state index is 0.0453. The predicted molar refractivity (Wildman–Crippen MR) is 99.0 cm³/mol. The summed E-state index contributed by atoms with van der Waals surface area (Å²) in [4.78, 5) is 0. The van der Waals surface area contributed by atoms with Gasteiger partial charge in [-0.25, -0.2) is 0 Å². The van der Waals surface area contributed by atoms with Gasteiger partial charge in [0.05, 0.1) is 24.8 Å². The van der Waals surface area contributed by atoms with Crippen LogP contribution in [0.1, 0.15) is 33.9 Å². The Morgan fingerprint density at radius 2 is 1.57 bits per heavy atom. The Morgan fingerprint density at radius 3 is 2.18 bits per heavy atom. The Kier molecular flexibility index (Phi) is 6.42. The summed E-state index contributed by atoms with van der Waals surface area (Å²) in [7, 11) is 0. The fourth-order valence-corrected chi connectivity index (χ4v) is 3.41. The molecule has 1 saturated heterocycles. The molecule has 2 aromatic rings. The van der Waals surface area contributed by atoms with Crippen molar-refractivity contribution in [2.24, 2.45) is 0 Å². The number of hydrogen-bond donors (Lipinski definition) is 5. The van der Waals surface area contributed by atoms with Crippen molar-refractivity contribution in [1.82, 2.24) is 0 Å². The van der Waals surface area contributed by atoms with Crippen molar-refractivity contribution < 1.29 is 30.3 Å². The third-order valence-electron chi connectivity index (χ3n) is 5.07. The molecule has 0 aromatic heterocycles. The van der Waals surface area contributed by atoms with Crippen LogP contribution in [0.15, 0.2) is 42.5 Å². The Labute approximate surface area is 162 Å². The summed E-state index contributed by atoms with van der Waals surface area (Å²) in [5, 5.41) is 58.2. The van der Waals surface area contributed by atoms with Crippen molar-refractivity contribution in [2.45, 2.75) is 43.5 Å². The standard InChI is InChI=1S/C21H23NO6/c22-9-15-6-5-14(21-20(27)19(26)18(25)17(11-24)28-21)8-16(15)7-12-1-3-13(10-23)4-2-12/h1-6,8,17-21,23-27H,7,10-11H2/t17-,18-,19+,20-,21+/m1/s1. The van der Waals surface area contributed by atoms with Gasteiger partial charge in [0.15, 0.2) is 0 Å². The van der Waals surface area contributed by atoms with E-state index in [1.807, 2.05) is 24.3 Å². The minimum Gasteiger partial charge on any atom is -0.394 e. The van der Waals surface area contributed by atoms with Crippen molar-refractivity contribution in [3.63, 3.8) is 0 Å². The third kappa shape index (κ3) is 4.08. The molecule has 5 N–H and O–H groups in total. The second-order valence-electron chi connectivity index (χ2n) is 6.93. The lowest BCUT2D eigenvalue weighted by Crippen LogP contribution is -2.55. The van der Waals surface area contributed by atoms with Gasteiger partial charge >= 0.3 is 0 Å². The van der Waals surface area contributed by atoms with Crippen LogP contribution in [-0.2, 0) is 17.8 Å². The number of ether oxygens (including phenoxy) is 1. The number of aliphatic hydroxyl groups is 5. The zero-order valence-electron chi connectivity index (χ0n) is 15.1. The second kappa shape index (κ2) is 8.80. The summed E-state index contributed by atoms with van der Waals surface area (Å²) in [5.74, 6) is 0. The van der Waals surface area contributed by atoms with Crippen molar-refractivity contribution in [3.05, 3.63) is 70.3 Å². The zero-order valence-corrected chi connectivity index (χ0v) is 15.1. The molecule has 1 aliphatic rings. The van der Waals surface area contributed by atoms with E-state index in [4.69, 9.17) is 9.84 Å². The smallest absolute Gasteiger partial charge is 0.113 e. The van der Waals surface area contributed by atoms with Gasteiger partial charge in [-0.2, -0.15) is 5.26 Å².